The predicted octanol–water partition coefficient (Wildman–Crippen LogP) is 3.18. The number of aromatic amines is 1. The SMILES string of the molecule is CC=C1C(OC)OCC2C(=O)N3CCc4c([nH]c5ccccc45)C3CC12. The summed E-state index contributed by atoms with van der Waals surface area (Å²) in [5.41, 5.74) is 4.88. The maximum atomic E-state index is 13.2. The van der Waals surface area contributed by atoms with Crippen molar-refractivity contribution in [3.8, 4) is 0 Å². The summed E-state index contributed by atoms with van der Waals surface area (Å²) in [6, 6.07) is 8.57. The number of carbonyl (C=O) groups is 1. The number of hydrogen-bond donors (Lipinski definition) is 1. The average Bonchev–Trinajstić information content (AvgIpc) is 3.06. The van der Waals surface area contributed by atoms with Gasteiger partial charge in [-0.3, -0.25) is 4.79 Å². The van der Waals surface area contributed by atoms with Gasteiger partial charge in [0.15, 0.2) is 6.29 Å². The molecule has 1 aromatic heterocycles. The molecule has 4 heterocycles. The molecule has 5 rings (SSSR count). The third kappa shape index (κ3) is 2.14. The average molecular weight is 352 g/mol. The molecule has 5 heteroatoms. The molecule has 2 saturated heterocycles. The predicted molar refractivity (Wildman–Crippen MR) is 98.6 cm³/mol. The lowest BCUT2D eigenvalue weighted by molar-refractivity contribution is -0.173. The number of rotatable bonds is 1. The van der Waals surface area contributed by atoms with E-state index in [1.165, 1.54) is 22.2 Å². The Bertz CT molecular complexity index is 900. The topological polar surface area (TPSA) is 54.6 Å². The Morgan fingerprint density at radius 3 is 2.96 bits per heavy atom. The standard InChI is InChI=1S/C21H24N2O3/c1-3-12-15-10-18-19-14(13-6-4-5-7-17(13)22-19)8-9-23(18)20(24)16(15)11-26-21(12)25-2/h3-7,15-16,18,21-22H,8-11H2,1-2H3. The minimum atomic E-state index is -0.327. The molecule has 3 aliphatic heterocycles. The maximum Gasteiger partial charge on any atom is 0.229 e. The number of nitrogens with one attached hydrogen (secondary N) is 1. The summed E-state index contributed by atoms with van der Waals surface area (Å²) in [6.07, 6.45) is 3.59. The van der Waals surface area contributed by atoms with Crippen LogP contribution in [-0.2, 0) is 20.7 Å². The van der Waals surface area contributed by atoms with Gasteiger partial charge in [0.05, 0.1) is 18.6 Å². The van der Waals surface area contributed by atoms with Crippen molar-refractivity contribution in [3.63, 3.8) is 0 Å². The molecule has 0 aliphatic carbocycles. The van der Waals surface area contributed by atoms with Crippen LogP contribution in [0.15, 0.2) is 35.9 Å². The molecule has 0 saturated carbocycles. The van der Waals surface area contributed by atoms with Crippen LogP contribution in [0.5, 0.6) is 0 Å². The zero-order chi connectivity index (χ0) is 17.8. The summed E-state index contributed by atoms with van der Waals surface area (Å²) in [5, 5.41) is 1.30. The minimum absolute atomic E-state index is 0.0882. The molecule has 2 aromatic rings. The van der Waals surface area contributed by atoms with Gasteiger partial charge in [-0.1, -0.05) is 24.3 Å². The van der Waals surface area contributed by atoms with Crippen LogP contribution in [0.25, 0.3) is 10.9 Å². The van der Waals surface area contributed by atoms with Crippen molar-refractivity contribution in [1.82, 2.24) is 9.88 Å². The first-order valence-electron chi connectivity index (χ1n) is 9.43. The zero-order valence-electron chi connectivity index (χ0n) is 15.2. The summed E-state index contributed by atoms with van der Waals surface area (Å²) in [6.45, 7) is 3.25. The van der Waals surface area contributed by atoms with E-state index in [0.29, 0.717) is 6.61 Å². The van der Waals surface area contributed by atoms with Crippen LogP contribution in [0.2, 0.25) is 0 Å². The third-order valence-corrected chi connectivity index (χ3v) is 6.40. The summed E-state index contributed by atoms with van der Waals surface area (Å²) in [4.78, 5) is 18.9. The third-order valence-electron chi connectivity index (χ3n) is 6.40. The smallest absolute Gasteiger partial charge is 0.229 e. The Balaban J connectivity index is 1.58. The number of H-pyrrole nitrogens is 1. The second-order valence-electron chi connectivity index (χ2n) is 7.50. The number of carbonyl (C=O) groups excluding carboxylic acids is 1. The number of nitrogens with zero attached hydrogens (tertiary/aromatic N) is 1. The molecule has 4 unspecified atom stereocenters. The summed E-state index contributed by atoms with van der Waals surface area (Å²) < 4.78 is 11.3. The molecular weight excluding hydrogens is 328 g/mol. The largest absolute Gasteiger partial charge is 0.356 e. The number of methoxy groups -OCH3 is 1. The van der Waals surface area contributed by atoms with Gasteiger partial charge >= 0.3 is 0 Å². The maximum absolute atomic E-state index is 13.2. The Labute approximate surface area is 153 Å². The van der Waals surface area contributed by atoms with Gasteiger partial charge in [0.2, 0.25) is 5.91 Å². The fourth-order valence-electron chi connectivity index (χ4n) is 5.19. The van der Waals surface area contributed by atoms with Crippen LogP contribution >= 0.6 is 0 Å². The fraction of sp³-hybridized carbons (Fsp3) is 0.476. The van der Waals surface area contributed by atoms with E-state index in [1.54, 1.807) is 7.11 Å². The number of aromatic nitrogens is 1. The van der Waals surface area contributed by atoms with E-state index >= 15 is 0 Å². The molecule has 2 fully saturated rings. The highest BCUT2D eigenvalue weighted by molar-refractivity contribution is 5.87. The number of amides is 1. The molecule has 0 spiro atoms. The molecule has 0 radical (unpaired) electrons. The molecular formula is C21H24N2O3. The normalized spacial score (nSPS) is 32.5. The van der Waals surface area contributed by atoms with Crippen molar-refractivity contribution >= 4 is 16.8 Å². The van der Waals surface area contributed by atoms with E-state index in [2.05, 4.69) is 40.2 Å². The monoisotopic (exact) mass is 352 g/mol. The van der Waals surface area contributed by atoms with Crippen LogP contribution in [0, 0.1) is 11.8 Å². The lowest BCUT2D eigenvalue weighted by atomic mass is 9.73. The van der Waals surface area contributed by atoms with Gasteiger partial charge < -0.3 is 19.4 Å². The van der Waals surface area contributed by atoms with Crippen molar-refractivity contribution in [2.75, 3.05) is 20.3 Å². The highest BCUT2D eigenvalue weighted by Gasteiger charge is 2.49. The lowest BCUT2D eigenvalue weighted by Crippen LogP contribution is -2.54. The molecule has 0 bridgehead atoms. The van der Waals surface area contributed by atoms with Gasteiger partial charge in [-0.15, -0.1) is 0 Å². The Hall–Kier alpha value is -2.11. The van der Waals surface area contributed by atoms with Crippen LogP contribution in [0.1, 0.15) is 30.6 Å². The lowest BCUT2D eigenvalue weighted by Gasteiger charge is -2.49. The number of allylic oxidation sites excluding steroid dienone is 1. The van der Waals surface area contributed by atoms with Gasteiger partial charge in [0.1, 0.15) is 0 Å². The zero-order valence-corrected chi connectivity index (χ0v) is 15.2. The summed E-state index contributed by atoms with van der Waals surface area (Å²) in [5.74, 6) is 0.323. The highest BCUT2D eigenvalue weighted by Crippen LogP contribution is 2.47. The van der Waals surface area contributed by atoms with Crippen LogP contribution in [0.3, 0.4) is 0 Å². The molecule has 26 heavy (non-hydrogen) atoms. The highest BCUT2D eigenvalue weighted by atomic mass is 16.7. The second-order valence-corrected chi connectivity index (χ2v) is 7.50. The molecule has 3 aliphatic rings. The van der Waals surface area contributed by atoms with Crippen molar-refractivity contribution in [1.29, 1.82) is 0 Å². The van der Waals surface area contributed by atoms with E-state index in [9.17, 15) is 4.79 Å². The van der Waals surface area contributed by atoms with Crippen molar-refractivity contribution in [2.45, 2.75) is 32.1 Å². The van der Waals surface area contributed by atoms with Gasteiger partial charge in [-0.25, -0.2) is 0 Å². The van der Waals surface area contributed by atoms with Crippen molar-refractivity contribution in [2.24, 2.45) is 11.8 Å². The number of para-hydroxylation sites is 1. The quantitative estimate of drug-likeness (QED) is 0.802. The number of hydrogen-bond acceptors (Lipinski definition) is 3. The first-order valence-corrected chi connectivity index (χ1v) is 9.43. The fourth-order valence-corrected chi connectivity index (χ4v) is 5.19. The molecule has 1 aromatic carbocycles. The van der Waals surface area contributed by atoms with Crippen molar-refractivity contribution in [3.05, 3.63) is 47.2 Å². The number of piperidine rings is 1. The molecule has 4 atom stereocenters. The number of benzene rings is 1. The van der Waals surface area contributed by atoms with Gasteiger partial charge in [0.25, 0.3) is 0 Å². The molecule has 5 nitrogen and oxygen atoms in total. The summed E-state index contributed by atoms with van der Waals surface area (Å²) in [7, 11) is 1.67. The Morgan fingerprint density at radius 2 is 2.15 bits per heavy atom. The van der Waals surface area contributed by atoms with Gasteiger partial charge in [-0.2, -0.15) is 0 Å². The first-order chi connectivity index (χ1) is 12.7. The van der Waals surface area contributed by atoms with Crippen LogP contribution in [-0.4, -0.2) is 42.3 Å². The second kappa shape index (κ2) is 5.96. The van der Waals surface area contributed by atoms with E-state index < -0.39 is 0 Å². The first kappa shape index (κ1) is 16.1. The van der Waals surface area contributed by atoms with E-state index in [4.69, 9.17) is 9.47 Å². The Kier molecular flexibility index (Phi) is 3.69. The van der Waals surface area contributed by atoms with E-state index in [0.717, 1.165) is 25.0 Å². The Morgan fingerprint density at radius 1 is 1.31 bits per heavy atom. The summed E-state index contributed by atoms with van der Waals surface area (Å²) >= 11 is 0. The number of ether oxygens (including phenoxy) is 2. The van der Waals surface area contributed by atoms with E-state index in [-0.39, 0.29) is 30.1 Å². The van der Waals surface area contributed by atoms with E-state index in [1.807, 2.05) is 6.92 Å². The van der Waals surface area contributed by atoms with Gasteiger partial charge in [-0.05, 0) is 37.0 Å². The van der Waals surface area contributed by atoms with Crippen LogP contribution < -0.4 is 0 Å². The minimum Gasteiger partial charge on any atom is -0.356 e. The molecule has 1 N–H and O–H groups in total. The van der Waals surface area contributed by atoms with Gasteiger partial charge in [0, 0.05) is 36.2 Å². The number of fused-ring (bicyclic) bond motifs is 6. The molecule has 136 valence electrons. The van der Waals surface area contributed by atoms with Crippen molar-refractivity contribution < 1.29 is 14.3 Å². The van der Waals surface area contributed by atoms with Crippen LogP contribution in [0.4, 0.5) is 0 Å². The molecule has 1 amide bonds.